The van der Waals surface area contributed by atoms with Crippen molar-refractivity contribution in [1.29, 1.82) is 0 Å². The largest absolute Gasteiger partial charge is 0.415 e. The molecular formula is C19H23N3O2. The maximum absolute atomic E-state index is 12.6. The molecule has 24 heavy (non-hydrogen) atoms. The minimum absolute atomic E-state index is 0.242. The number of ether oxygens (including phenoxy) is 1. The van der Waals surface area contributed by atoms with Crippen molar-refractivity contribution in [2.24, 2.45) is 0 Å². The first-order chi connectivity index (χ1) is 11.6. The van der Waals surface area contributed by atoms with E-state index < -0.39 is 0 Å². The van der Waals surface area contributed by atoms with Gasteiger partial charge in [-0.2, -0.15) is 0 Å². The van der Waals surface area contributed by atoms with Gasteiger partial charge >= 0.3 is 6.09 Å². The number of benzene rings is 2. The predicted molar refractivity (Wildman–Crippen MR) is 96.0 cm³/mol. The first-order valence-corrected chi connectivity index (χ1v) is 8.54. The van der Waals surface area contributed by atoms with E-state index >= 15 is 0 Å². The molecule has 5 nitrogen and oxygen atoms in total. The van der Waals surface area contributed by atoms with Gasteiger partial charge in [0.15, 0.2) is 0 Å². The van der Waals surface area contributed by atoms with Crippen LogP contribution >= 0.6 is 0 Å². The Morgan fingerprint density at radius 1 is 1.00 bits per heavy atom. The normalized spacial score (nSPS) is 18.1. The van der Waals surface area contributed by atoms with Gasteiger partial charge in [0.1, 0.15) is 5.75 Å². The molecule has 0 radical (unpaired) electrons. The van der Waals surface area contributed by atoms with Gasteiger partial charge in [-0.15, -0.1) is 0 Å². The fourth-order valence-corrected chi connectivity index (χ4v) is 3.62. The van der Waals surface area contributed by atoms with E-state index in [-0.39, 0.29) is 6.09 Å². The molecule has 0 unspecified atom stereocenters. The molecule has 1 saturated heterocycles. The topological polar surface area (TPSA) is 36.0 Å². The maximum Gasteiger partial charge on any atom is 0.415 e. The van der Waals surface area contributed by atoms with Crippen LogP contribution in [0.15, 0.2) is 30.3 Å². The highest BCUT2D eigenvalue weighted by Gasteiger charge is 2.24. The lowest BCUT2D eigenvalue weighted by atomic mass is 10.0. The molecule has 0 aliphatic carbocycles. The number of fused-ring (bicyclic) bond motifs is 3. The molecule has 0 atom stereocenters. The van der Waals surface area contributed by atoms with Crippen molar-refractivity contribution in [3.63, 3.8) is 0 Å². The maximum atomic E-state index is 12.6. The Kier molecular flexibility index (Phi) is 3.81. The van der Waals surface area contributed by atoms with Crippen LogP contribution in [-0.2, 0) is 6.42 Å². The molecule has 1 fully saturated rings. The van der Waals surface area contributed by atoms with E-state index in [9.17, 15) is 4.79 Å². The molecule has 2 aromatic rings. The molecule has 0 saturated carbocycles. The summed E-state index contributed by atoms with van der Waals surface area (Å²) in [5.74, 6) is 0.669. The van der Waals surface area contributed by atoms with Crippen molar-refractivity contribution in [3.05, 3.63) is 35.9 Å². The summed E-state index contributed by atoms with van der Waals surface area (Å²) in [6.07, 6.45) is 0.799. The fourth-order valence-electron chi connectivity index (χ4n) is 3.62. The lowest BCUT2D eigenvalue weighted by molar-refractivity contribution is 0.121. The van der Waals surface area contributed by atoms with E-state index in [2.05, 4.69) is 30.0 Å². The first-order valence-electron chi connectivity index (χ1n) is 8.54. The standard InChI is InChI=1S/C19H23N3O2/c1-20-9-11-22(12-10-20)19(23)24-18-13-17-15(7-8-21(17)2)14-5-3-4-6-16(14)18/h3-6,13H,7-12H2,1-2H3. The highest BCUT2D eigenvalue weighted by molar-refractivity contribution is 5.97. The van der Waals surface area contributed by atoms with Crippen molar-refractivity contribution in [2.45, 2.75) is 6.42 Å². The Hall–Kier alpha value is -2.27. The molecule has 0 bridgehead atoms. The molecule has 5 heteroatoms. The molecule has 2 aliphatic heterocycles. The molecule has 4 rings (SSSR count). The lowest BCUT2D eigenvalue weighted by Gasteiger charge is -2.31. The van der Waals surface area contributed by atoms with E-state index in [1.807, 2.05) is 24.3 Å². The summed E-state index contributed by atoms with van der Waals surface area (Å²) >= 11 is 0. The van der Waals surface area contributed by atoms with E-state index in [0.29, 0.717) is 5.75 Å². The smallest absolute Gasteiger partial charge is 0.409 e. The number of carbonyl (C=O) groups excluding carboxylic acids is 1. The zero-order chi connectivity index (χ0) is 16.7. The summed E-state index contributed by atoms with van der Waals surface area (Å²) in [6, 6.07) is 10.2. The van der Waals surface area contributed by atoms with Crippen LogP contribution in [-0.4, -0.2) is 62.7 Å². The number of nitrogens with zero attached hydrogens (tertiary/aromatic N) is 3. The number of carbonyl (C=O) groups is 1. The summed E-state index contributed by atoms with van der Waals surface area (Å²) in [4.78, 5) is 18.8. The van der Waals surface area contributed by atoms with Gasteiger partial charge in [0.2, 0.25) is 0 Å². The van der Waals surface area contributed by atoms with Gasteiger partial charge in [-0.1, -0.05) is 24.3 Å². The Bertz CT molecular complexity index is 782. The summed E-state index contributed by atoms with van der Waals surface area (Å²) in [5.41, 5.74) is 2.53. The zero-order valence-corrected chi connectivity index (χ0v) is 14.3. The van der Waals surface area contributed by atoms with Crippen molar-refractivity contribution < 1.29 is 9.53 Å². The molecule has 0 N–H and O–H groups in total. The van der Waals surface area contributed by atoms with Gasteiger partial charge in [0, 0.05) is 56.9 Å². The molecular weight excluding hydrogens is 302 g/mol. The number of piperazine rings is 1. The Labute approximate surface area is 142 Å². The van der Waals surface area contributed by atoms with Crippen molar-refractivity contribution in [3.8, 4) is 5.75 Å². The Balaban J connectivity index is 1.67. The van der Waals surface area contributed by atoms with E-state index in [0.717, 1.165) is 44.5 Å². The van der Waals surface area contributed by atoms with Gasteiger partial charge in [0.25, 0.3) is 0 Å². The highest BCUT2D eigenvalue weighted by Crippen LogP contribution is 2.39. The third kappa shape index (κ3) is 2.59. The number of rotatable bonds is 1. The van der Waals surface area contributed by atoms with Crippen LogP contribution in [0, 0.1) is 0 Å². The monoisotopic (exact) mass is 325 g/mol. The third-order valence-corrected chi connectivity index (χ3v) is 5.16. The second-order valence-corrected chi connectivity index (χ2v) is 6.75. The minimum Gasteiger partial charge on any atom is -0.409 e. The quantitative estimate of drug-likeness (QED) is 0.807. The van der Waals surface area contributed by atoms with Gasteiger partial charge in [-0.05, 0) is 24.4 Å². The molecule has 126 valence electrons. The van der Waals surface area contributed by atoms with Crippen molar-refractivity contribution >= 4 is 22.6 Å². The number of hydrogen-bond acceptors (Lipinski definition) is 4. The predicted octanol–water partition coefficient (Wildman–Crippen LogP) is 2.58. The molecule has 0 aromatic heterocycles. The Morgan fingerprint density at radius 3 is 2.46 bits per heavy atom. The Morgan fingerprint density at radius 2 is 1.71 bits per heavy atom. The van der Waals surface area contributed by atoms with E-state index in [1.54, 1.807) is 4.90 Å². The van der Waals surface area contributed by atoms with Gasteiger partial charge in [-0.25, -0.2) is 4.79 Å². The summed E-state index contributed by atoms with van der Waals surface area (Å²) < 4.78 is 5.82. The van der Waals surface area contributed by atoms with Crippen LogP contribution in [0.1, 0.15) is 5.56 Å². The first kappa shape index (κ1) is 15.3. The van der Waals surface area contributed by atoms with Crippen molar-refractivity contribution in [1.82, 2.24) is 9.80 Å². The second-order valence-electron chi connectivity index (χ2n) is 6.75. The summed E-state index contributed by atoms with van der Waals surface area (Å²) in [5, 5.41) is 2.22. The van der Waals surface area contributed by atoms with Gasteiger partial charge < -0.3 is 19.4 Å². The summed E-state index contributed by atoms with van der Waals surface area (Å²) in [7, 11) is 4.17. The van der Waals surface area contributed by atoms with Gasteiger partial charge in [0.05, 0.1) is 0 Å². The van der Waals surface area contributed by atoms with E-state index in [4.69, 9.17) is 4.74 Å². The van der Waals surface area contributed by atoms with Crippen LogP contribution in [0.4, 0.5) is 10.5 Å². The van der Waals surface area contributed by atoms with Crippen LogP contribution in [0.5, 0.6) is 5.75 Å². The second kappa shape index (κ2) is 5.98. The molecule has 0 spiro atoms. The lowest BCUT2D eigenvalue weighted by Crippen LogP contribution is -2.48. The SMILES string of the molecule is CN1CCN(C(=O)Oc2cc3c(c4ccccc24)CCN3C)CC1. The van der Waals surface area contributed by atoms with Crippen LogP contribution in [0.3, 0.4) is 0 Å². The number of anilines is 1. The minimum atomic E-state index is -0.242. The highest BCUT2D eigenvalue weighted by atomic mass is 16.6. The average Bonchev–Trinajstić information content (AvgIpc) is 2.97. The molecule has 2 aromatic carbocycles. The molecule has 2 heterocycles. The van der Waals surface area contributed by atoms with Crippen LogP contribution in [0.2, 0.25) is 0 Å². The number of amides is 1. The van der Waals surface area contributed by atoms with Crippen LogP contribution in [0.25, 0.3) is 10.8 Å². The fraction of sp³-hybridized carbons (Fsp3) is 0.421. The average molecular weight is 325 g/mol. The number of hydrogen-bond donors (Lipinski definition) is 0. The third-order valence-electron chi connectivity index (χ3n) is 5.16. The number of likely N-dealkylation sites (N-methyl/N-ethyl adjacent to an activating group) is 2. The van der Waals surface area contributed by atoms with Crippen LogP contribution < -0.4 is 9.64 Å². The zero-order valence-electron chi connectivity index (χ0n) is 14.3. The van der Waals surface area contributed by atoms with E-state index in [1.165, 1.54) is 16.6 Å². The summed E-state index contributed by atoms with van der Waals surface area (Å²) in [6.45, 7) is 4.23. The molecule has 2 aliphatic rings. The van der Waals surface area contributed by atoms with Gasteiger partial charge in [-0.3, -0.25) is 0 Å². The molecule has 1 amide bonds. The van der Waals surface area contributed by atoms with Crippen molar-refractivity contribution in [2.75, 3.05) is 51.7 Å².